The molecule has 70 valence electrons. The Balaban J connectivity index is -0.0000000208. The van der Waals surface area contributed by atoms with Gasteiger partial charge >= 0.3 is 0 Å². The van der Waals surface area contributed by atoms with Crippen molar-refractivity contribution in [1.82, 2.24) is 12.3 Å². The van der Waals surface area contributed by atoms with Crippen LogP contribution in [0, 0.1) is 0 Å². The molecular formula is C6H22Cl2N2. The molecule has 0 atom stereocenters. The molecule has 4 heteroatoms. The molecule has 0 heterocycles. The summed E-state index contributed by atoms with van der Waals surface area (Å²) in [6.07, 6.45) is 5.54. The second kappa shape index (κ2) is 33.9. The first-order valence-corrected chi connectivity index (χ1v) is 2.91. The fourth-order valence-corrected chi connectivity index (χ4v) is 0.500. The monoisotopic (exact) mass is 192 g/mol. The van der Waals surface area contributed by atoms with Crippen LogP contribution in [0.2, 0.25) is 0 Å². The average Bonchev–Trinajstić information content (AvgIpc) is 1.61. The molecule has 0 aliphatic heterocycles. The van der Waals surface area contributed by atoms with Gasteiger partial charge in [-0.1, -0.05) is 39.5 Å². The van der Waals surface area contributed by atoms with E-state index in [0.29, 0.717) is 0 Å². The highest BCUT2D eigenvalue weighted by Crippen LogP contribution is 1.95. The van der Waals surface area contributed by atoms with E-state index >= 15 is 0 Å². The molecule has 0 aromatic rings. The lowest BCUT2D eigenvalue weighted by atomic mass is 10.2. The Morgan fingerprint density at radius 3 is 1.00 bits per heavy atom. The number of unbranched alkanes of at least 4 members (excludes halogenated alkanes) is 3. The van der Waals surface area contributed by atoms with Crippen LogP contribution >= 0.6 is 0 Å². The quantitative estimate of drug-likeness (QED) is 0.459. The molecule has 0 saturated heterocycles. The summed E-state index contributed by atoms with van der Waals surface area (Å²) in [7, 11) is 0. The summed E-state index contributed by atoms with van der Waals surface area (Å²) in [4.78, 5) is 0. The van der Waals surface area contributed by atoms with Gasteiger partial charge in [0.1, 0.15) is 0 Å². The molecule has 0 aliphatic rings. The predicted octanol–water partition coefficient (Wildman–Crippen LogP) is -2.65. The van der Waals surface area contributed by atoms with Crippen molar-refractivity contribution in [3.63, 3.8) is 0 Å². The van der Waals surface area contributed by atoms with Gasteiger partial charge in [0.2, 0.25) is 0 Å². The predicted molar refractivity (Wildman–Crippen MR) is 41.8 cm³/mol. The van der Waals surface area contributed by atoms with Crippen molar-refractivity contribution < 1.29 is 24.8 Å². The highest BCUT2D eigenvalue weighted by molar-refractivity contribution is 4.31. The maximum atomic E-state index is 2.23. The summed E-state index contributed by atoms with van der Waals surface area (Å²) in [5, 5.41) is 0. The zero-order chi connectivity index (χ0) is 4.83. The van der Waals surface area contributed by atoms with E-state index in [2.05, 4.69) is 13.8 Å². The summed E-state index contributed by atoms with van der Waals surface area (Å²) in [6.45, 7) is 4.46. The van der Waals surface area contributed by atoms with Crippen LogP contribution < -0.4 is 37.1 Å². The van der Waals surface area contributed by atoms with Gasteiger partial charge in [0, 0.05) is 0 Å². The Morgan fingerprint density at radius 1 is 0.700 bits per heavy atom. The maximum absolute atomic E-state index is 2.23. The minimum Gasteiger partial charge on any atom is -1.00 e. The van der Waals surface area contributed by atoms with E-state index in [9.17, 15) is 0 Å². The van der Waals surface area contributed by atoms with Crippen LogP contribution in [0.25, 0.3) is 0 Å². The summed E-state index contributed by atoms with van der Waals surface area (Å²) in [5.74, 6) is 0. The van der Waals surface area contributed by atoms with E-state index in [1.165, 1.54) is 25.7 Å². The summed E-state index contributed by atoms with van der Waals surface area (Å²) < 4.78 is 0. The van der Waals surface area contributed by atoms with E-state index in [4.69, 9.17) is 0 Å². The number of halogens is 2. The lowest BCUT2D eigenvalue weighted by Gasteiger charge is -1.86. The van der Waals surface area contributed by atoms with Gasteiger partial charge in [-0.05, 0) is 0 Å². The fraction of sp³-hybridized carbons (Fsp3) is 1.00. The van der Waals surface area contributed by atoms with Gasteiger partial charge in [-0.2, -0.15) is 0 Å². The molecule has 0 unspecified atom stereocenters. The number of hydrogen-bond donors (Lipinski definition) is 2. The third-order valence-electron chi connectivity index (χ3n) is 0.957. The van der Waals surface area contributed by atoms with Gasteiger partial charge < -0.3 is 37.1 Å². The Bertz CT molecular complexity index is 25.7. The molecule has 0 radical (unpaired) electrons. The fourth-order valence-electron chi connectivity index (χ4n) is 0.500. The lowest BCUT2D eigenvalue weighted by molar-refractivity contribution is -0.00100. The third-order valence-corrected chi connectivity index (χ3v) is 0.957. The Kier molecular flexibility index (Phi) is 106. The van der Waals surface area contributed by atoms with Crippen LogP contribution in [0.4, 0.5) is 0 Å². The molecule has 8 N–H and O–H groups in total. The first kappa shape index (κ1) is 31.3. The molecule has 0 spiro atoms. The SMILES string of the molecule is CCCCCC.[Cl-].[Cl-].[NH4+].[NH4+]. The van der Waals surface area contributed by atoms with Crippen molar-refractivity contribution in [3.05, 3.63) is 0 Å². The molecule has 0 aromatic carbocycles. The van der Waals surface area contributed by atoms with E-state index in [-0.39, 0.29) is 37.1 Å². The van der Waals surface area contributed by atoms with Crippen LogP contribution in [-0.4, -0.2) is 0 Å². The van der Waals surface area contributed by atoms with Crippen molar-refractivity contribution in [2.75, 3.05) is 0 Å². The summed E-state index contributed by atoms with van der Waals surface area (Å²) in [6, 6.07) is 0. The van der Waals surface area contributed by atoms with E-state index < -0.39 is 0 Å². The van der Waals surface area contributed by atoms with Crippen molar-refractivity contribution in [2.24, 2.45) is 0 Å². The first-order chi connectivity index (χ1) is 2.91. The molecule has 0 aromatic heterocycles. The highest BCUT2D eigenvalue weighted by atomic mass is 35.5. The molecule has 0 amide bonds. The van der Waals surface area contributed by atoms with Gasteiger partial charge in [-0.25, -0.2) is 0 Å². The first-order valence-electron chi connectivity index (χ1n) is 2.91. The van der Waals surface area contributed by atoms with Crippen LogP contribution in [0.5, 0.6) is 0 Å². The number of rotatable bonds is 3. The molecule has 10 heavy (non-hydrogen) atoms. The van der Waals surface area contributed by atoms with Crippen molar-refractivity contribution in [1.29, 1.82) is 0 Å². The number of quaternary nitrogens is 2. The van der Waals surface area contributed by atoms with E-state index in [1.54, 1.807) is 0 Å². The largest absolute Gasteiger partial charge is 1.00 e. The molecule has 2 nitrogen and oxygen atoms in total. The Morgan fingerprint density at radius 2 is 0.900 bits per heavy atom. The van der Waals surface area contributed by atoms with Gasteiger partial charge in [-0.3, -0.25) is 0 Å². The average molecular weight is 193 g/mol. The maximum Gasteiger partial charge on any atom is -0.0536 e. The second-order valence-electron chi connectivity index (χ2n) is 1.71. The topological polar surface area (TPSA) is 73.0 Å². The van der Waals surface area contributed by atoms with Crippen LogP contribution in [0.15, 0.2) is 0 Å². The second-order valence-corrected chi connectivity index (χ2v) is 1.71. The van der Waals surface area contributed by atoms with Crippen LogP contribution in [0.3, 0.4) is 0 Å². The molecule has 0 saturated carbocycles. The molecule has 0 aliphatic carbocycles. The molecule has 0 fully saturated rings. The standard InChI is InChI=1S/C6H14.2ClH.2H3N/c1-3-5-6-4-2;;;;/h3-6H2,1-2H3;2*1H;2*1H3. The van der Waals surface area contributed by atoms with Crippen molar-refractivity contribution in [2.45, 2.75) is 39.5 Å². The Labute approximate surface area is 77.1 Å². The summed E-state index contributed by atoms with van der Waals surface area (Å²) >= 11 is 0. The number of hydrogen-bond acceptors (Lipinski definition) is 0. The lowest BCUT2D eigenvalue weighted by Crippen LogP contribution is -3.00. The third kappa shape index (κ3) is 39.0. The molecule has 0 bridgehead atoms. The minimum absolute atomic E-state index is 0. The zero-order valence-electron chi connectivity index (χ0n) is 7.58. The molecule has 0 rings (SSSR count). The minimum atomic E-state index is 0. The van der Waals surface area contributed by atoms with Crippen LogP contribution in [-0.2, 0) is 0 Å². The van der Waals surface area contributed by atoms with Gasteiger partial charge in [-0.15, -0.1) is 0 Å². The Hall–Kier alpha value is 0.500. The smallest absolute Gasteiger partial charge is 0.0536 e. The molecular weight excluding hydrogens is 171 g/mol. The van der Waals surface area contributed by atoms with Crippen molar-refractivity contribution >= 4 is 0 Å². The summed E-state index contributed by atoms with van der Waals surface area (Å²) in [5.41, 5.74) is 0. The zero-order valence-corrected chi connectivity index (χ0v) is 9.10. The van der Waals surface area contributed by atoms with Gasteiger partial charge in [0.25, 0.3) is 0 Å². The van der Waals surface area contributed by atoms with Gasteiger partial charge in [0.15, 0.2) is 0 Å². The van der Waals surface area contributed by atoms with Gasteiger partial charge in [0.05, 0.1) is 0 Å². The van der Waals surface area contributed by atoms with Crippen molar-refractivity contribution in [3.8, 4) is 0 Å². The van der Waals surface area contributed by atoms with Crippen LogP contribution in [0.1, 0.15) is 39.5 Å². The van der Waals surface area contributed by atoms with E-state index in [1.807, 2.05) is 0 Å². The van der Waals surface area contributed by atoms with E-state index in [0.717, 1.165) is 0 Å². The highest BCUT2D eigenvalue weighted by Gasteiger charge is 1.75. The normalized spacial score (nSPS) is 5.40.